The van der Waals surface area contributed by atoms with E-state index < -0.39 is 0 Å². The number of aromatic nitrogens is 1. The summed E-state index contributed by atoms with van der Waals surface area (Å²) in [6.45, 7) is 6.60. The first kappa shape index (κ1) is 17.4. The van der Waals surface area contributed by atoms with Gasteiger partial charge in [-0.1, -0.05) is 0 Å². The molecule has 3 rings (SSSR count). The van der Waals surface area contributed by atoms with Gasteiger partial charge in [-0.2, -0.15) is 0 Å². The fourth-order valence-corrected chi connectivity index (χ4v) is 3.03. The van der Waals surface area contributed by atoms with Crippen molar-refractivity contribution in [2.24, 2.45) is 7.05 Å². The minimum absolute atomic E-state index is 0.138. The molecule has 1 saturated heterocycles. The number of ether oxygens (including phenoxy) is 1. The second-order valence-electron chi connectivity index (χ2n) is 6.36. The van der Waals surface area contributed by atoms with Crippen LogP contribution in [0, 0.1) is 0 Å². The van der Waals surface area contributed by atoms with E-state index in [0.717, 1.165) is 31.9 Å². The van der Waals surface area contributed by atoms with Gasteiger partial charge in [-0.3, -0.25) is 4.79 Å². The molecule has 0 atom stereocenters. The first-order valence-electron chi connectivity index (χ1n) is 8.71. The molecule has 0 radical (unpaired) electrons. The van der Waals surface area contributed by atoms with Crippen molar-refractivity contribution in [2.75, 3.05) is 50.1 Å². The molecule has 0 saturated carbocycles. The number of carbonyl (C=O) groups excluding carboxylic acids is 1. The number of amides is 1. The van der Waals surface area contributed by atoms with Crippen LogP contribution in [0.25, 0.3) is 0 Å². The number of hydrogen-bond donors (Lipinski definition) is 1. The molecular weight excluding hydrogens is 316 g/mol. The maximum absolute atomic E-state index is 12.5. The molecule has 0 bridgehead atoms. The molecule has 1 aliphatic rings. The van der Waals surface area contributed by atoms with E-state index in [9.17, 15) is 4.79 Å². The average Bonchev–Trinajstić information content (AvgIpc) is 3.03. The Bertz CT molecular complexity index is 733. The Labute approximate surface area is 149 Å². The van der Waals surface area contributed by atoms with E-state index in [1.54, 1.807) is 10.6 Å². The van der Waals surface area contributed by atoms with Gasteiger partial charge in [0.15, 0.2) is 0 Å². The third-order valence-electron chi connectivity index (χ3n) is 4.56. The molecule has 2 aromatic rings. The molecule has 0 unspecified atom stereocenters. The molecule has 134 valence electrons. The number of piperazine rings is 1. The number of rotatable bonds is 5. The zero-order valence-electron chi connectivity index (χ0n) is 15.2. The zero-order chi connectivity index (χ0) is 17.8. The Balaban J connectivity index is 1.79. The van der Waals surface area contributed by atoms with Gasteiger partial charge in [0.25, 0.3) is 5.91 Å². The molecule has 1 fully saturated rings. The molecule has 0 spiro atoms. The Morgan fingerprint density at radius 2 is 1.92 bits per heavy atom. The lowest BCUT2D eigenvalue weighted by molar-refractivity contribution is 0.101. The highest BCUT2D eigenvalue weighted by Gasteiger charge is 2.17. The predicted octanol–water partition coefficient (Wildman–Crippen LogP) is 2.43. The third kappa shape index (κ3) is 3.96. The average molecular weight is 342 g/mol. The van der Waals surface area contributed by atoms with Crippen LogP contribution in [0.5, 0.6) is 5.75 Å². The van der Waals surface area contributed by atoms with Crippen molar-refractivity contribution in [1.29, 1.82) is 0 Å². The Morgan fingerprint density at radius 3 is 2.56 bits per heavy atom. The number of nitrogens with zero attached hydrogens (tertiary/aromatic N) is 3. The summed E-state index contributed by atoms with van der Waals surface area (Å²) >= 11 is 0. The molecule has 1 aliphatic heterocycles. The van der Waals surface area contributed by atoms with E-state index >= 15 is 0 Å². The monoisotopic (exact) mass is 342 g/mol. The number of aryl methyl sites for hydroxylation is 1. The van der Waals surface area contributed by atoms with Gasteiger partial charge in [0.1, 0.15) is 11.4 Å². The zero-order valence-corrected chi connectivity index (χ0v) is 15.2. The first-order valence-corrected chi connectivity index (χ1v) is 8.71. The number of benzene rings is 1. The number of anilines is 2. The van der Waals surface area contributed by atoms with Crippen LogP contribution in [-0.4, -0.2) is 55.2 Å². The van der Waals surface area contributed by atoms with Gasteiger partial charge >= 0.3 is 0 Å². The van der Waals surface area contributed by atoms with Gasteiger partial charge in [-0.15, -0.1) is 0 Å². The topological polar surface area (TPSA) is 49.7 Å². The maximum atomic E-state index is 12.5. The molecule has 1 aromatic carbocycles. The van der Waals surface area contributed by atoms with Crippen molar-refractivity contribution in [3.05, 3.63) is 42.2 Å². The molecule has 6 nitrogen and oxygen atoms in total. The van der Waals surface area contributed by atoms with Crippen molar-refractivity contribution >= 4 is 17.3 Å². The van der Waals surface area contributed by atoms with E-state index in [0.29, 0.717) is 23.7 Å². The van der Waals surface area contributed by atoms with Crippen molar-refractivity contribution in [1.82, 2.24) is 9.47 Å². The van der Waals surface area contributed by atoms with Crippen molar-refractivity contribution < 1.29 is 9.53 Å². The van der Waals surface area contributed by atoms with Gasteiger partial charge in [-0.05, 0) is 38.2 Å². The molecule has 0 aliphatic carbocycles. The highest BCUT2D eigenvalue weighted by atomic mass is 16.5. The van der Waals surface area contributed by atoms with Crippen LogP contribution in [0.4, 0.5) is 11.4 Å². The molecule has 2 heterocycles. The predicted molar refractivity (Wildman–Crippen MR) is 101 cm³/mol. The number of likely N-dealkylation sites (N-methyl/N-ethyl adjacent to an activating group) is 1. The minimum atomic E-state index is -0.138. The van der Waals surface area contributed by atoms with E-state index in [2.05, 4.69) is 28.2 Å². The summed E-state index contributed by atoms with van der Waals surface area (Å²) in [7, 11) is 4.00. The molecule has 6 heteroatoms. The minimum Gasteiger partial charge on any atom is -0.492 e. The van der Waals surface area contributed by atoms with E-state index in [4.69, 9.17) is 4.74 Å². The highest BCUT2D eigenvalue weighted by Crippen LogP contribution is 2.31. The molecule has 1 N–H and O–H groups in total. The summed E-state index contributed by atoms with van der Waals surface area (Å²) in [4.78, 5) is 17.2. The lowest BCUT2D eigenvalue weighted by atomic mass is 10.2. The second kappa shape index (κ2) is 7.61. The number of carbonyl (C=O) groups is 1. The Morgan fingerprint density at radius 1 is 1.16 bits per heavy atom. The highest BCUT2D eigenvalue weighted by molar-refractivity contribution is 6.04. The quantitative estimate of drug-likeness (QED) is 0.907. The normalized spacial score (nSPS) is 15.2. The summed E-state index contributed by atoms with van der Waals surface area (Å²) in [5.41, 5.74) is 2.45. The van der Waals surface area contributed by atoms with Crippen molar-refractivity contribution in [3.8, 4) is 5.75 Å². The fourth-order valence-electron chi connectivity index (χ4n) is 3.03. The summed E-state index contributed by atoms with van der Waals surface area (Å²) < 4.78 is 7.58. The largest absolute Gasteiger partial charge is 0.492 e. The molecular formula is C19H26N4O2. The smallest absolute Gasteiger partial charge is 0.272 e. The summed E-state index contributed by atoms with van der Waals surface area (Å²) in [6.07, 6.45) is 1.86. The van der Waals surface area contributed by atoms with Gasteiger partial charge in [-0.25, -0.2) is 0 Å². The van der Waals surface area contributed by atoms with E-state index in [1.807, 2.05) is 38.4 Å². The van der Waals surface area contributed by atoms with Crippen LogP contribution in [0.1, 0.15) is 17.4 Å². The van der Waals surface area contributed by atoms with Crippen LogP contribution >= 0.6 is 0 Å². The first-order chi connectivity index (χ1) is 12.1. The second-order valence-corrected chi connectivity index (χ2v) is 6.36. The van der Waals surface area contributed by atoms with Crippen LogP contribution in [-0.2, 0) is 7.05 Å². The standard InChI is InChI=1S/C19H26N4O2/c1-4-25-18-14-15(23-12-10-21(2)11-13-23)7-8-16(18)20-19(24)17-6-5-9-22(17)3/h5-9,14H,4,10-13H2,1-3H3,(H,20,24). The lowest BCUT2D eigenvalue weighted by Crippen LogP contribution is -2.44. The molecule has 1 amide bonds. The summed E-state index contributed by atoms with van der Waals surface area (Å²) in [5, 5.41) is 2.96. The molecule has 25 heavy (non-hydrogen) atoms. The third-order valence-corrected chi connectivity index (χ3v) is 4.56. The van der Waals surface area contributed by atoms with Gasteiger partial charge in [0.2, 0.25) is 0 Å². The van der Waals surface area contributed by atoms with Crippen LogP contribution in [0.15, 0.2) is 36.5 Å². The molecule has 1 aromatic heterocycles. The SMILES string of the molecule is CCOc1cc(N2CCN(C)CC2)ccc1NC(=O)c1cccn1C. The van der Waals surface area contributed by atoms with Crippen molar-refractivity contribution in [2.45, 2.75) is 6.92 Å². The Hall–Kier alpha value is -2.47. The van der Waals surface area contributed by atoms with Crippen LogP contribution < -0.4 is 15.0 Å². The van der Waals surface area contributed by atoms with Crippen LogP contribution in [0.3, 0.4) is 0 Å². The van der Waals surface area contributed by atoms with E-state index in [-0.39, 0.29) is 5.91 Å². The summed E-state index contributed by atoms with van der Waals surface area (Å²) in [6, 6.07) is 9.66. The maximum Gasteiger partial charge on any atom is 0.272 e. The van der Waals surface area contributed by atoms with Crippen molar-refractivity contribution in [3.63, 3.8) is 0 Å². The van der Waals surface area contributed by atoms with E-state index in [1.165, 1.54) is 0 Å². The number of hydrogen-bond acceptors (Lipinski definition) is 4. The lowest BCUT2D eigenvalue weighted by Gasteiger charge is -2.34. The van der Waals surface area contributed by atoms with Gasteiger partial charge < -0.3 is 24.4 Å². The fraction of sp³-hybridized carbons (Fsp3) is 0.421. The van der Waals surface area contributed by atoms with Crippen LogP contribution in [0.2, 0.25) is 0 Å². The Kier molecular flexibility index (Phi) is 5.28. The van der Waals surface area contributed by atoms with Gasteiger partial charge in [0, 0.05) is 51.2 Å². The number of nitrogens with one attached hydrogen (secondary N) is 1. The van der Waals surface area contributed by atoms with Gasteiger partial charge in [0.05, 0.1) is 12.3 Å². The summed E-state index contributed by atoms with van der Waals surface area (Å²) in [5.74, 6) is 0.572.